The monoisotopic (exact) mass is 194 g/mol. The third-order valence-corrected chi connectivity index (χ3v) is 2.44. The second-order valence-corrected chi connectivity index (χ2v) is 3.99. The van der Waals surface area contributed by atoms with Crippen molar-refractivity contribution in [1.29, 1.82) is 0 Å². The van der Waals surface area contributed by atoms with Crippen LogP contribution in [0.5, 0.6) is 0 Å². The van der Waals surface area contributed by atoms with Crippen molar-refractivity contribution in [2.24, 2.45) is 0 Å². The van der Waals surface area contributed by atoms with E-state index in [-0.39, 0.29) is 6.10 Å². The summed E-state index contributed by atoms with van der Waals surface area (Å²) in [5.74, 6) is 0. The second-order valence-electron chi connectivity index (χ2n) is 2.52. The lowest BCUT2D eigenvalue weighted by molar-refractivity contribution is 0.0817. The minimum atomic E-state index is -0.645. The van der Waals surface area contributed by atoms with Crippen molar-refractivity contribution in [1.82, 2.24) is 0 Å². The highest BCUT2D eigenvalue weighted by Crippen LogP contribution is 2.35. The molecule has 1 aliphatic carbocycles. The van der Waals surface area contributed by atoms with Crippen LogP contribution in [0.1, 0.15) is 19.3 Å². The van der Waals surface area contributed by atoms with Crippen LogP contribution in [0, 0.1) is 0 Å². The number of ether oxygens (including phenoxy) is 1. The van der Waals surface area contributed by atoms with Gasteiger partial charge >= 0.3 is 0 Å². The molecule has 0 bridgehead atoms. The highest BCUT2D eigenvalue weighted by molar-refractivity contribution is 9.10. The molecule has 0 aromatic heterocycles. The summed E-state index contributed by atoms with van der Waals surface area (Å²) in [7, 11) is 1.68. The fourth-order valence-corrected chi connectivity index (χ4v) is 1.73. The molecule has 2 nitrogen and oxygen atoms in total. The maximum absolute atomic E-state index is 9.33. The topological polar surface area (TPSA) is 29.5 Å². The molecule has 0 aliphatic heterocycles. The Morgan fingerprint density at radius 3 is 2.67 bits per heavy atom. The van der Waals surface area contributed by atoms with Crippen molar-refractivity contribution >= 4 is 15.9 Å². The van der Waals surface area contributed by atoms with Gasteiger partial charge in [-0.15, -0.1) is 0 Å². The van der Waals surface area contributed by atoms with E-state index in [9.17, 15) is 5.11 Å². The van der Waals surface area contributed by atoms with E-state index in [0.717, 1.165) is 12.8 Å². The number of rotatable bonds is 1. The first-order valence-electron chi connectivity index (χ1n) is 3.08. The summed E-state index contributed by atoms with van der Waals surface area (Å²) in [5.41, 5.74) is 0. The van der Waals surface area contributed by atoms with Gasteiger partial charge in [-0.1, -0.05) is 15.9 Å². The van der Waals surface area contributed by atoms with Gasteiger partial charge in [0, 0.05) is 13.5 Å². The Kier molecular flexibility index (Phi) is 2.14. The molecule has 3 heteroatoms. The number of hydrogen-bond donors (Lipinski definition) is 1. The third kappa shape index (κ3) is 1.92. The Labute approximate surface area is 63.3 Å². The summed E-state index contributed by atoms with van der Waals surface area (Å²) >= 11 is 3.20. The van der Waals surface area contributed by atoms with Gasteiger partial charge in [-0.25, -0.2) is 0 Å². The van der Waals surface area contributed by atoms with E-state index in [1.54, 1.807) is 7.11 Å². The Hall–Kier alpha value is 0.400. The predicted octanol–water partition coefficient (Wildman–Crippen LogP) is 1.27. The Morgan fingerprint density at radius 2 is 2.44 bits per heavy atom. The van der Waals surface area contributed by atoms with E-state index in [2.05, 4.69) is 15.9 Å². The van der Waals surface area contributed by atoms with Crippen LogP contribution < -0.4 is 0 Å². The highest BCUT2D eigenvalue weighted by atomic mass is 79.9. The van der Waals surface area contributed by atoms with Crippen LogP contribution >= 0.6 is 15.9 Å². The van der Waals surface area contributed by atoms with Crippen LogP contribution in [0.3, 0.4) is 0 Å². The van der Waals surface area contributed by atoms with Gasteiger partial charge in [0.05, 0.1) is 6.10 Å². The first-order valence-corrected chi connectivity index (χ1v) is 3.87. The van der Waals surface area contributed by atoms with E-state index in [1.807, 2.05) is 0 Å². The lowest BCUT2D eigenvalue weighted by Gasteiger charge is -2.12. The van der Waals surface area contributed by atoms with E-state index < -0.39 is 4.51 Å². The summed E-state index contributed by atoms with van der Waals surface area (Å²) < 4.78 is 4.41. The smallest absolute Gasteiger partial charge is 0.122 e. The molecule has 1 N–H and O–H groups in total. The summed E-state index contributed by atoms with van der Waals surface area (Å²) in [5, 5.41) is 9.33. The Morgan fingerprint density at radius 1 is 1.78 bits per heavy atom. The summed E-state index contributed by atoms with van der Waals surface area (Å²) in [4.78, 5) is 0. The highest BCUT2D eigenvalue weighted by Gasteiger charge is 2.34. The van der Waals surface area contributed by atoms with Crippen LogP contribution in [0.25, 0.3) is 0 Å². The Bertz CT molecular complexity index is 103. The maximum atomic E-state index is 9.33. The van der Waals surface area contributed by atoms with Gasteiger partial charge in [-0.3, -0.25) is 0 Å². The van der Waals surface area contributed by atoms with Crippen molar-refractivity contribution in [2.75, 3.05) is 7.11 Å². The number of halogens is 1. The van der Waals surface area contributed by atoms with E-state index in [4.69, 9.17) is 4.74 Å². The van der Waals surface area contributed by atoms with Gasteiger partial charge in [0.1, 0.15) is 4.51 Å². The van der Waals surface area contributed by atoms with Crippen molar-refractivity contribution in [3.8, 4) is 0 Å². The van der Waals surface area contributed by atoms with Crippen LogP contribution in [-0.2, 0) is 4.74 Å². The zero-order valence-electron chi connectivity index (χ0n) is 5.43. The second kappa shape index (κ2) is 2.56. The summed E-state index contributed by atoms with van der Waals surface area (Å²) in [6.07, 6.45) is 2.71. The molecule has 0 saturated heterocycles. The molecule has 1 rings (SSSR count). The van der Waals surface area contributed by atoms with Crippen molar-refractivity contribution in [3.05, 3.63) is 0 Å². The van der Waals surface area contributed by atoms with Crippen LogP contribution in [0.4, 0.5) is 0 Å². The molecule has 1 fully saturated rings. The van der Waals surface area contributed by atoms with Crippen molar-refractivity contribution in [2.45, 2.75) is 29.9 Å². The molecule has 0 spiro atoms. The zero-order chi connectivity index (χ0) is 6.91. The van der Waals surface area contributed by atoms with Gasteiger partial charge in [-0.2, -0.15) is 0 Å². The fourth-order valence-electron chi connectivity index (χ4n) is 1.14. The van der Waals surface area contributed by atoms with Crippen LogP contribution in [-0.4, -0.2) is 22.8 Å². The van der Waals surface area contributed by atoms with Crippen LogP contribution in [0.2, 0.25) is 0 Å². The molecule has 0 heterocycles. The molecule has 54 valence electrons. The number of methoxy groups -OCH3 is 1. The maximum Gasteiger partial charge on any atom is 0.122 e. The summed E-state index contributed by atoms with van der Waals surface area (Å²) in [6.45, 7) is 0. The molecule has 9 heavy (non-hydrogen) atoms. The average Bonchev–Trinajstić information content (AvgIpc) is 2.10. The Balaban J connectivity index is 2.38. The largest absolute Gasteiger partial charge is 0.381 e. The van der Waals surface area contributed by atoms with Crippen LogP contribution in [0.15, 0.2) is 0 Å². The van der Waals surface area contributed by atoms with Gasteiger partial charge in [-0.05, 0) is 12.8 Å². The molecule has 2 unspecified atom stereocenters. The van der Waals surface area contributed by atoms with Gasteiger partial charge in [0.15, 0.2) is 0 Å². The SMILES string of the molecule is COC1CCC(O)(Br)C1. The molecule has 1 saturated carbocycles. The lowest BCUT2D eigenvalue weighted by Crippen LogP contribution is -2.16. The molecule has 0 aromatic carbocycles. The summed E-state index contributed by atoms with van der Waals surface area (Å²) in [6, 6.07) is 0. The lowest BCUT2D eigenvalue weighted by atomic mass is 10.3. The normalized spacial score (nSPS) is 43.7. The molecular formula is C6H11BrO2. The number of alkyl halides is 1. The minimum Gasteiger partial charge on any atom is -0.381 e. The van der Waals surface area contributed by atoms with Gasteiger partial charge in [0.25, 0.3) is 0 Å². The molecule has 0 aromatic rings. The minimum absolute atomic E-state index is 0.245. The number of hydrogen-bond acceptors (Lipinski definition) is 2. The van der Waals surface area contributed by atoms with Crippen molar-refractivity contribution in [3.63, 3.8) is 0 Å². The number of aliphatic hydroxyl groups is 1. The quantitative estimate of drug-likeness (QED) is 0.638. The van der Waals surface area contributed by atoms with E-state index in [0.29, 0.717) is 6.42 Å². The van der Waals surface area contributed by atoms with E-state index >= 15 is 0 Å². The predicted molar refractivity (Wildman–Crippen MR) is 38.5 cm³/mol. The first kappa shape index (κ1) is 7.51. The average molecular weight is 195 g/mol. The van der Waals surface area contributed by atoms with E-state index in [1.165, 1.54) is 0 Å². The molecular weight excluding hydrogens is 184 g/mol. The van der Waals surface area contributed by atoms with Gasteiger partial charge < -0.3 is 9.84 Å². The standard InChI is InChI=1S/C6H11BrO2/c1-9-5-2-3-6(7,8)4-5/h5,8H,2-4H2,1H3. The molecule has 0 radical (unpaired) electrons. The molecule has 1 aliphatic rings. The van der Waals surface area contributed by atoms with Crippen molar-refractivity contribution < 1.29 is 9.84 Å². The zero-order valence-corrected chi connectivity index (χ0v) is 7.02. The molecule has 2 atom stereocenters. The third-order valence-electron chi connectivity index (χ3n) is 1.72. The fraction of sp³-hybridized carbons (Fsp3) is 1.00. The molecule has 0 amide bonds. The van der Waals surface area contributed by atoms with Gasteiger partial charge in [0.2, 0.25) is 0 Å². The first-order chi connectivity index (χ1) is 4.14.